The summed E-state index contributed by atoms with van der Waals surface area (Å²) in [6.45, 7) is 4.11. The molecule has 4 N–H and O–H groups in total. The summed E-state index contributed by atoms with van der Waals surface area (Å²) < 4.78 is 5.44. The molecule has 0 radical (unpaired) electrons. The molecule has 29 heavy (non-hydrogen) atoms. The molecule has 8 heteroatoms. The summed E-state index contributed by atoms with van der Waals surface area (Å²) in [5.41, 5.74) is 1.49. The fraction of sp³-hybridized carbons (Fsp3) is 0.381. The van der Waals surface area contributed by atoms with Crippen molar-refractivity contribution in [2.45, 2.75) is 44.9 Å². The van der Waals surface area contributed by atoms with Crippen LogP contribution in [0.15, 0.2) is 36.4 Å². The highest BCUT2D eigenvalue weighted by atomic mass is 35.5. The van der Waals surface area contributed by atoms with Gasteiger partial charge in [-0.15, -0.1) is 0 Å². The predicted octanol–water partition coefficient (Wildman–Crippen LogP) is 4.20. The number of hydrogen-bond acceptors (Lipinski definition) is 5. The van der Waals surface area contributed by atoms with Crippen LogP contribution in [0, 0.1) is 0 Å². The number of aliphatic carboxylic acids is 1. The third kappa shape index (κ3) is 6.51. The number of carbonyl (C=O) groups is 1. The Kier molecular flexibility index (Phi) is 8.59. The third-order valence-corrected chi connectivity index (χ3v) is 5.23. The molecule has 0 bridgehead atoms. The van der Waals surface area contributed by atoms with Crippen molar-refractivity contribution in [2.24, 2.45) is 0 Å². The molecule has 3 atom stereocenters. The van der Waals surface area contributed by atoms with E-state index in [0.29, 0.717) is 35.0 Å². The first kappa shape index (κ1) is 23.3. The van der Waals surface area contributed by atoms with Crippen LogP contribution < -0.4 is 10.1 Å². The maximum Gasteiger partial charge on any atom is 0.344 e. The number of hydrogen-bond donors (Lipinski definition) is 4. The zero-order valence-corrected chi connectivity index (χ0v) is 17.7. The minimum Gasteiger partial charge on any atom is -0.508 e. The van der Waals surface area contributed by atoms with Gasteiger partial charge in [-0.25, -0.2) is 4.79 Å². The maximum absolute atomic E-state index is 11.1. The number of nitrogens with one attached hydrogen (secondary N) is 1. The highest BCUT2D eigenvalue weighted by Gasteiger charge is 2.20. The Morgan fingerprint density at radius 2 is 1.83 bits per heavy atom. The van der Waals surface area contributed by atoms with E-state index < -0.39 is 18.2 Å². The Morgan fingerprint density at radius 3 is 2.41 bits per heavy atom. The summed E-state index contributed by atoms with van der Waals surface area (Å²) in [5, 5.41) is 32.8. The minimum absolute atomic E-state index is 0.147. The maximum atomic E-state index is 11.1. The highest BCUT2D eigenvalue weighted by Crippen LogP contribution is 2.32. The van der Waals surface area contributed by atoms with Gasteiger partial charge in [0.1, 0.15) is 11.5 Å². The van der Waals surface area contributed by atoms with Gasteiger partial charge in [-0.2, -0.15) is 0 Å². The topological polar surface area (TPSA) is 99.0 Å². The molecule has 6 nitrogen and oxygen atoms in total. The third-order valence-electron chi connectivity index (χ3n) is 4.59. The van der Waals surface area contributed by atoms with Gasteiger partial charge < -0.3 is 25.4 Å². The van der Waals surface area contributed by atoms with Crippen LogP contribution in [0.1, 0.15) is 37.5 Å². The number of benzene rings is 2. The SMILES string of the molecule is CCC(Oc1cc(Cl)c(CCN[C@@H](C)[C@H](O)c2ccc(O)cc2)cc1Cl)C(=O)O. The summed E-state index contributed by atoms with van der Waals surface area (Å²) in [6, 6.07) is 9.38. The van der Waals surface area contributed by atoms with E-state index in [2.05, 4.69) is 5.32 Å². The summed E-state index contributed by atoms with van der Waals surface area (Å²) in [4.78, 5) is 11.1. The molecule has 0 saturated carbocycles. The van der Waals surface area contributed by atoms with Crippen LogP contribution in [-0.2, 0) is 11.2 Å². The number of aliphatic hydroxyl groups is 1. The van der Waals surface area contributed by atoms with E-state index in [0.717, 1.165) is 5.56 Å². The van der Waals surface area contributed by atoms with Gasteiger partial charge in [-0.05, 0) is 55.6 Å². The Bertz CT molecular complexity index is 829. The molecule has 0 spiro atoms. The molecular weight excluding hydrogens is 417 g/mol. The molecule has 1 unspecified atom stereocenters. The fourth-order valence-corrected chi connectivity index (χ4v) is 3.30. The van der Waals surface area contributed by atoms with Crippen LogP contribution in [0.2, 0.25) is 10.0 Å². The standard InChI is InChI=1S/C21H25Cl2NO5/c1-3-18(21(27)28)29-19-11-16(22)14(10-17(19)23)8-9-24-12(2)20(26)13-4-6-15(25)7-5-13/h4-7,10-12,18,20,24-26H,3,8-9H2,1-2H3,(H,27,28)/t12-,18?,20-/m0/s1. The van der Waals surface area contributed by atoms with Crippen LogP contribution in [0.4, 0.5) is 0 Å². The number of ether oxygens (including phenoxy) is 1. The number of phenolic OH excluding ortho intramolecular Hbond substituents is 1. The molecule has 0 aliphatic carbocycles. The van der Waals surface area contributed by atoms with Crippen molar-refractivity contribution in [3.63, 3.8) is 0 Å². The Balaban J connectivity index is 1.95. The molecular formula is C21H25Cl2NO5. The molecule has 158 valence electrons. The Labute approximate surface area is 180 Å². The molecule has 0 aromatic heterocycles. The predicted molar refractivity (Wildman–Crippen MR) is 113 cm³/mol. The first-order valence-corrected chi connectivity index (χ1v) is 10.1. The van der Waals surface area contributed by atoms with Gasteiger partial charge in [0.15, 0.2) is 6.10 Å². The van der Waals surface area contributed by atoms with Gasteiger partial charge in [-0.3, -0.25) is 0 Å². The Morgan fingerprint density at radius 1 is 1.17 bits per heavy atom. The average molecular weight is 442 g/mol. The quantitative estimate of drug-likeness (QED) is 0.440. The van der Waals surface area contributed by atoms with E-state index >= 15 is 0 Å². The number of aliphatic hydroxyl groups excluding tert-OH is 1. The lowest BCUT2D eigenvalue weighted by atomic mass is 10.0. The normalized spacial score (nSPS) is 14.2. The zero-order chi connectivity index (χ0) is 21.6. The van der Waals surface area contributed by atoms with Crippen molar-refractivity contribution in [1.29, 1.82) is 0 Å². The largest absolute Gasteiger partial charge is 0.508 e. The van der Waals surface area contributed by atoms with Gasteiger partial charge in [0.05, 0.1) is 11.1 Å². The molecule has 2 rings (SSSR count). The van der Waals surface area contributed by atoms with Crippen LogP contribution in [0.3, 0.4) is 0 Å². The lowest BCUT2D eigenvalue weighted by molar-refractivity contribution is -0.145. The molecule has 2 aromatic carbocycles. The van der Waals surface area contributed by atoms with Crippen LogP contribution in [0.25, 0.3) is 0 Å². The van der Waals surface area contributed by atoms with E-state index in [4.69, 9.17) is 33.0 Å². The summed E-state index contributed by atoms with van der Waals surface area (Å²) in [7, 11) is 0. The van der Waals surface area contributed by atoms with E-state index in [1.54, 1.807) is 25.1 Å². The van der Waals surface area contributed by atoms with E-state index in [-0.39, 0.29) is 17.5 Å². The van der Waals surface area contributed by atoms with Crippen molar-refractivity contribution < 1.29 is 24.9 Å². The smallest absolute Gasteiger partial charge is 0.344 e. The number of rotatable bonds is 10. The van der Waals surface area contributed by atoms with Crippen LogP contribution in [0.5, 0.6) is 11.5 Å². The first-order valence-electron chi connectivity index (χ1n) is 9.30. The molecule has 0 saturated heterocycles. The molecule has 0 amide bonds. The second kappa shape index (κ2) is 10.7. The number of halogens is 2. The van der Waals surface area contributed by atoms with Gasteiger partial charge in [0.25, 0.3) is 0 Å². The lowest BCUT2D eigenvalue weighted by Crippen LogP contribution is -2.33. The fourth-order valence-electron chi connectivity index (χ4n) is 2.82. The van der Waals surface area contributed by atoms with Crippen molar-refractivity contribution in [3.8, 4) is 11.5 Å². The second-order valence-electron chi connectivity index (χ2n) is 6.76. The number of aromatic hydroxyl groups is 1. The minimum atomic E-state index is -1.06. The zero-order valence-electron chi connectivity index (χ0n) is 16.2. The number of phenols is 1. The summed E-state index contributed by atoms with van der Waals surface area (Å²) >= 11 is 12.5. The van der Waals surface area contributed by atoms with Crippen molar-refractivity contribution >= 4 is 29.2 Å². The van der Waals surface area contributed by atoms with Gasteiger partial charge in [-0.1, -0.05) is 42.3 Å². The first-order chi connectivity index (χ1) is 13.7. The highest BCUT2D eigenvalue weighted by molar-refractivity contribution is 6.34. The van der Waals surface area contributed by atoms with Gasteiger partial charge >= 0.3 is 5.97 Å². The van der Waals surface area contributed by atoms with Crippen LogP contribution in [-0.4, -0.2) is 40.0 Å². The monoisotopic (exact) mass is 441 g/mol. The summed E-state index contributed by atoms with van der Waals surface area (Å²) in [5.74, 6) is -0.679. The van der Waals surface area contributed by atoms with Crippen molar-refractivity contribution in [1.82, 2.24) is 5.32 Å². The van der Waals surface area contributed by atoms with E-state index in [1.807, 2.05) is 6.92 Å². The molecule has 2 aromatic rings. The van der Waals surface area contributed by atoms with Crippen molar-refractivity contribution in [3.05, 3.63) is 57.6 Å². The lowest BCUT2D eigenvalue weighted by Gasteiger charge is -2.21. The molecule has 0 fully saturated rings. The van der Waals surface area contributed by atoms with E-state index in [1.165, 1.54) is 18.2 Å². The molecule has 0 aliphatic rings. The average Bonchev–Trinajstić information content (AvgIpc) is 2.68. The van der Waals surface area contributed by atoms with Gasteiger partial charge in [0.2, 0.25) is 0 Å². The number of carboxylic acids is 1. The van der Waals surface area contributed by atoms with E-state index in [9.17, 15) is 15.0 Å². The molecule has 0 heterocycles. The number of carboxylic acid groups (broad SMARTS) is 1. The molecule has 0 aliphatic heterocycles. The summed E-state index contributed by atoms with van der Waals surface area (Å²) in [6.07, 6.45) is -0.858. The van der Waals surface area contributed by atoms with Crippen LogP contribution >= 0.6 is 23.2 Å². The second-order valence-corrected chi connectivity index (χ2v) is 7.57. The Hall–Kier alpha value is -1.99. The van der Waals surface area contributed by atoms with Gasteiger partial charge in [0, 0.05) is 17.1 Å². The van der Waals surface area contributed by atoms with Crippen molar-refractivity contribution in [2.75, 3.05) is 6.54 Å².